The monoisotopic (exact) mass is 449 g/mol. The quantitative estimate of drug-likeness (QED) is 0.458. The summed E-state index contributed by atoms with van der Waals surface area (Å²) in [7, 11) is 0. The third-order valence-corrected chi connectivity index (χ3v) is 4.28. The van der Waals surface area contributed by atoms with Crippen molar-refractivity contribution >= 4 is 0 Å². The molecular weight excluding hydrogens is 401 g/mol. The summed E-state index contributed by atoms with van der Waals surface area (Å²) in [6.07, 6.45) is 2.07. The lowest BCUT2D eigenvalue weighted by Gasteiger charge is -2.20. The van der Waals surface area contributed by atoms with Crippen LogP contribution in [0.2, 0.25) is 0 Å². The van der Waals surface area contributed by atoms with E-state index >= 15 is 0 Å². The maximum Gasteiger partial charge on any atom is 0.213 e. The molecule has 0 N–H and O–H groups in total. The second kappa shape index (κ2) is 13.4. The molecule has 32 heavy (non-hydrogen) atoms. The molecule has 1 aromatic carbocycles. The second-order valence-corrected chi connectivity index (χ2v) is 10.4. The van der Waals surface area contributed by atoms with Crippen LogP contribution < -0.4 is 9.47 Å². The van der Waals surface area contributed by atoms with E-state index in [1.54, 1.807) is 6.07 Å². The number of pyridine rings is 1. The summed E-state index contributed by atoms with van der Waals surface area (Å²) in [6, 6.07) is 8.94. The Morgan fingerprint density at radius 3 is 1.81 bits per heavy atom. The maximum absolute atomic E-state index is 13.4. The lowest BCUT2D eigenvalue weighted by Crippen LogP contribution is -2.12. The van der Waals surface area contributed by atoms with Crippen molar-refractivity contribution in [2.24, 2.45) is 5.92 Å². The van der Waals surface area contributed by atoms with Crippen LogP contribution in [0.5, 0.6) is 11.6 Å². The summed E-state index contributed by atoms with van der Waals surface area (Å²) < 4.78 is 24.4. The Balaban J connectivity index is 0. The molecule has 0 aliphatic heterocycles. The van der Waals surface area contributed by atoms with Crippen molar-refractivity contribution in [2.75, 3.05) is 6.61 Å². The van der Waals surface area contributed by atoms with Crippen molar-refractivity contribution in [3.63, 3.8) is 0 Å². The van der Waals surface area contributed by atoms with Crippen LogP contribution in [0.15, 0.2) is 36.5 Å². The largest absolute Gasteiger partial charge is 0.493 e. The molecule has 0 radical (unpaired) electrons. The number of aromatic nitrogens is 1. The van der Waals surface area contributed by atoms with Crippen molar-refractivity contribution in [3.8, 4) is 11.6 Å². The number of hydrogen-bond donors (Lipinski definition) is 0. The molecule has 0 saturated heterocycles. The van der Waals surface area contributed by atoms with Crippen LogP contribution in [0.3, 0.4) is 0 Å². The van der Waals surface area contributed by atoms with Gasteiger partial charge in [0.25, 0.3) is 0 Å². The van der Waals surface area contributed by atoms with Crippen LogP contribution in [-0.4, -0.2) is 17.7 Å². The van der Waals surface area contributed by atoms with Crippen molar-refractivity contribution in [2.45, 2.75) is 101 Å². The number of nitrogens with zero attached hydrogens (tertiary/aromatic N) is 1. The highest BCUT2D eigenvalue weighted by Crippen LogP contribution is 2.27. The second-order valence-electron chi connectivity index (χ2n) is 10.4. The van der Waals surface area contributed by atoms with E-state index in [0.29, 0.717) is 24.2 Å². The van der Waals surface area contributed by atoms with Crippen LogP contribution in [0, 0.1) is 11.7 Å². The minimum atomic E-state index is -0.230. The molecule has 0 atom stereocenters. The smallest absolute Gasteiger partial charge is 0.213 e. The molecule has 0 unspecified atom stereocenters. The number of halogens is 1. The summed E-state index contributed by atoms with van der Waals surface area (Å²) in [5.41, 5.74) is 2.29. The van der Waals surface area contributed by atoms with E-state index in [0.717, 1.165) is 5.56 Å². The highest BCUT2D eigenvalue weighted by atomic mass is 19.1. The molecule has 2 rings (SSSR count). The van der Waals surface area contributed by atoms with Gasteiger partial charge in [0.1, 0.15) is 11.6 Å². The molecule has 4 heteroatoms. The van der Waals surface area contributed by atoms with Gasteiger partial charge in [0.05, 0.1) is 12.7 Å². The van der Waals surface area contributed by atoms with E-state index in [9.17, 15) is 4.39 Å². The average Bonchev–Trinajstić information content (AvgIpc) is 2.58. The summed E-state index contributed by atoms with van der Waals surface area (Å²) >= 11 is 0. The zero-order valence-electron chi connectivity index (χ0n) is 20.5. The highest BCUT2D eigenvalue weighted by Gasteiger charge is 2.16. The first-order valence-electron chi connectivity index (χ1n) is 10.8. The Labute approximate surface area is 197 Å². The molecule has 184 valence electrons. The molecule has 2 aromatic rings. The van der Waals surface area contributed by atoms with E-state index in [1.165, 1.54) is 11.6 Å². The first kappa shape index (κ1) is 32.1. The van der Waals surface area contributed by atoms with Gasteiger partial charge in [-0.25, -0.2) is 9.37 Å². The predicted molar refractivity (Wildman–Crippen MR) is 138 cm³/mol. The summed E-state index contributed by atoms with van der Waals surface area (Å²) in [4.78, 5) is 4.26. The Hall–Kier alpha value is -2.10. The van der Waals surface area contributed by atoms with Crippen molar-refractivity contribution in [1.29, 1.82) is 0 Å². The predicted octanol–water partition coefficient (Wildman–Crippen LogP) is 8.60. The lowest BCUT2D eigenvalue weighted by molar-refractivity contribution is 0.232. The van der Waals surface area contributed by atoms with Crippen molar-refractivity contribution < 1.29 is 13.9 Å². The van der Waals surface area contributed by atoms with Crippen LogP contribution in [0.1, 0.15) is 95.2 Å². The topological polar surface area (TPSA) is 31.4 Å². The first-order chi connectivity index (χ1) is 13.7. The highest BCUT2D eigenvalue weighted by molar-refractivity contribution is 5.33. The molecule has 0 aliphatic rings. The van der Waals surface area contributed by atoms with Crippen LogP contribution in [0.25, 0.3) is 0 Å². The number of hydrogen-bond acceptors (Lipinski definition) is 3. The van der Waals surface area contributed by atoms with Gasteiger partial charge >= 0.3 is 0 Å². The number of rotatable bonds is 5. The minimum absolute atomic E-state index is 0. The van der Waals surface area contributed by atoms with Crippen molar-refractivity contribution in [3.05, 3.63) is 53.5 Å². The molecule has 1 heterocycles. The standard InChI is InChI=1S/C14H21FO.C12H19NO.2CH4/c1-10(2)9-16-13-7-11(14(3,4)5)6-12(15)8-13;1-9(2)14-11-7-6-10(8-13-11)12(3,4)5;;/h6-8,10H,9H2,1-5H3;6-9H,1-5H3;2*1H4. The zero-order chi connectivity index (χ0) is 23.1. The maximum atomic E-state index is 13.4. The van der Waals surface area contributed by atoms with Crippen LogP contribution >= 0.6 is 0 Å². The van der Waals surface area contributed by atoms with Gasteiger partial charge in [-0.05, 0) is 53.9 Å². The van der Waals surface area contributed by atoms with E-state index in [2.05, 4.69) is 66.4 Å². The molecule has 0 aliphatic carbocycles. The van der Waals surface area contributed by atoms with Gasteiger partial charge in [-0.1, -0.05) is 76.3 Å². The van der Waals surface area contributed by atoms with Gasteiger partial charge in [-0.15, -0.1) is 0 Å². The third kappa shape index (κ3) is 12.1. The lowest BCUT2D eigenvalue weighted by atomic mass is 9.87. The molecule has 3 nitrogen and oxygen atoms in total. The van der Waals surface area contributed by atoms with Gasteiger partial charge in [0.2, 0.25) is 5.88 Å². The van der Waals surface area contributed by atoms with Gasteiger partial charge < -0.3 is 9.47 Å². The summed E-state index contributed by atoms with van der Waals surface area (Å²) in [5, 5.41) is 0. The number of ether oxygens (including phenoxy) is 2. The molecule has 0 bridgehead atoms. The van der Waals surface area contributed by atoms with E-state index < -0.39 is 0 Å². The molecule has 0 spiro atoms. The average molecular weight is 450 g/mol. The zero-order valence-corrected chi connectivity index (χ0v) is 20.5. The Bertz CT molecular complexity index is 769. The summed E-state index contributed by atoms with van der Waals surface area (Å²) in [6.45, 7) is 21.5. The molecular formula is C28H48FNO2. The Morgan fingerprint density at radius 1 is 0.844 bits per heavy atom. The fraction of sp³-hybridized carbons (Fsp3) is 0.607. The third-order valence-electron chi connectivity index (χ3n) is 4.28. The SMILES string of the molecule is C.C.CC(C)COc1cc(F)cc(C(C)(C)C)c1.CC(C)Oc1ccc(C(C)(C)C)cn1. The summed E-state index contributed by atoms with van der Waals surface area (Å²) in [5.74, 6) is 1.54. The fourth-order valence-corrected chi connectivity index (χ4v) is 2.48. The van der Waals surface area contributed by atoms with E-state index in [4.69, 9.17) is 9.47 Å². The van der Waals surface area contributed by atoms with Gasteiger partial charge in [0.15, 0.2) is 0 Å². The Morgan fingerprint density at radius 2 is 1.41 bits per heavy atom. The van der Waals surface area contributed by atoms with Crippen molar-refractivity contribution in [1.82, 2.24) is 4.98 Å². The van der Waals surface area contributed by atoms with Crippen LogP contribution in [-0.2, 0) is 10.8 Å². The normalized spacial score (nSPS) is 11.2. The molecule has 1 aromatic heterocycles. The molecule has 0 saturated carbocycles. The first-order valence-corrected chi connectivity index (χ1v) is 10.8. The van der Waals surface area contributed by atoms with Gasteiger partial charge in [-0.3, -0.25) is 0 Å². The molecule has 0 fully saturated rings. The van der Waals surface area contributed by atoms with E-state index in [1.807, 2.05) is 32.2 Å². The number of benzene rings is 1. The van der Waals surface area contributed by atoms with Gasteiger partial charge in [0, 0.05) is 18.3 Å². The van der Waals surface area contributed by atoms with E-state index in [-0.39, 0.29) is 37.6 Å². The van der Waals surface area contributed by atoms with Crippen LogP contribution in [0.4, 0.5) is 4.39 Å². The minimum Gasteiger partial charge on any atom is -0.493 e. The Kier molecular flexibility index (Phi) is 13.5. The molecule has 0 amide bonds. The fourth-order valence-electron chi connectivity index (χ4n) is 2.48. The van der Waals surface area contributed by atoms with Gasteiger partial charge in [-0.2, -0.15) is 0 Å².